The standard InChI is InChI=1S/C29H28N4O4S/c1-6-37-28(35)25-18(3)30-29-32(26(25)20-12-14-22(36-5)15-13-20)27(34)24(38-29)16-23-17(2)31-33(19(23)4)21-10-8-7-9-11-21/h7-16,26H,6H2,1-5H3/b24-16-/t26-/m0/s1. The molecular formula is C29H28N4O4S. The fraction of sp³-hybridized carbons (Fsp3) is 0.241. The highest BCUT2D eigenvalue weighted by atomic mass is 32.1. The molecule has 38 heavy (non-hydrogen) atoms. The molecule has 0 aliphatic carbocycles. The minimum absolute atomic E-state index is 0.222. The number of rotatable bonds is 6. The molecule has 0 amide bonds. The number of fused-ring (bicyclic) bond motifs is 1. The molecule has 0 saturated carbocycles. The van der Waals surface area contributed by atoms with E-state index in [0.717, 1.165) is 28.2 Å². The number of ether oxygens (including phenoxy) is 2. The number of para-hydroxylation sites is 1. The van der Waals surface area contributed by atoms with Gasteiger partial charge in [-0.3, -0.25) is 9.36 Å². The number of esters is 1. The Labute approximate surface area is 223 Å². The summed E-state index contributed by atoms with van der Waals surface area (Å²) in [5, 5.41) is 4.71. The Morgan fingerprint density at radius 2 is 1.79 bits per heavy atom. The number of aromatic nitrogens is 3. The summed E-state index contributed by atoms with van der Waals surface area (Å²) in [5.74, 6) is 0.195. The van der Waals surface area contributed by atoms with Gasteiger partial charge in [0.05, 0.1) is 46.9 Å². The average molecular weight is 529 g/mol. The molecule has 5 rings (SSSR count). The average Bonchev–Trinajstić information content (AvgIpc) is 3.38. The molecule has 0 unspecified atom stereocenters. The molecule has 1 aliphatic rings. The van der Waals surface area contributed by atoms with Gasteiger partial charge in [0.15, 0.2) is 4.80 Å². The van der Waals surface area contributed by atoms with Crippen LogP contribution in [-0.2, 0) is 9.53 Å². The zero-order valence-electron chi connectivity index (χ0n) is 21.9. The highest BCUT2D eigenvalue weighted by molar-refractivity contribution is 7.07. The fourth-order valence-electron chi connectivity index (χ4n) is 4.71. The van der Waals surface area contributed by atoms with Crippen molar-refractivity contribution in [3.8, 4) is 11.4 Å². The predicted molar refractivity (Wildman–Crippen MR) is 146 cm³/mol. The van der Waals surface area contributed by atoms with Crippen molar-refractivity contribution in [1.29, 1.82) is 0 Å². The van der Waals surface area contributed by atoms with Crippen LogP contribution in [0.25, 0.3) is 11.8 Å². The summed E-state index contributed by atoms with van der Waals surface area (Å²) in [7, 11) is 1.59. The predicted octanol–water partition coefficient (Wildman–Crippen LogP) is 3.61. The number of allylic oxidation sites excluding steroid dienone is 1. The van der Waals surface area contributed by atoms with Crippen molar-refractivity contribution in [2.75, 3.05) is 13.7 Å². The first-order chi connectivity index (χ1) is 18.3. The number of thiazole rings is 1. The van der Waals surface area contributed by atoms with Crippen molar-refractivity contribution in [3.05, 3.63) is 108 Å². The van der Waals surface area contributed by atoms with Gasteiger partial charge in [0.2, 0.25) is 0 Å². The smallest absolute Gasteiger partial charge is 0.338 e. The molecule has 9 heteroatoms. The van der Waals surface area contributed by atoms with Gasteiger partial charge in [-0.25, -0.2) is 14.5 Å². The molecule has 0 spiro atoms. The summed E-state index contributed by atoms with van der Waals surface area (Å²) >= 11 is 1.30. The molecular weight excluding hydrogens is 500 g/mol. The first-order valence-corrected chi connectivity index (χ1v) is 13.1. The lowest BCUT2D eigenvalue weighted by molar-refractivity contribution is -0.139. The van der Waals surface area contributed by atoms with Crippen molar-refractivity contribution < 1.29 is 14.3 Å². The largest absolute Gasteiger partial charge is 0.497 e. The number of aryl methyl sites for hydroxylation is 1. The van der Waals surface area contributed by atoms with Crippen LogP contribution < -0.4 is 19.6 Å². The van der Waals surface area contributed by atoms with Gasteiger partial charge in [0.1, 0.15) is 5.75 Å². The molecule has 2 aromatic carbocycles. The number of benzene rings is 2. The lowest BCUT2D eigenvalue weighted by Crippen LogP contribution is -2.39. The molecule has 1 atom stereocenters. The van der Waals surface area contributed by atoms with E-state index in [9.17, 15) is 9.59 Å². The third kappa shape index (κ3) is 4.39. The minimum Gasteiger partial charge on any atom is -0.497 e. The van der Waals surface area contributed by atoms with Crippen LogP contribution in [0, 0.1) is 13.8 Å². The number of carbonyl (C=O) groups excluding carboxylic acids is 1. The molecule has 0 bridgehead atoms. The summed E-state index contributed by atoms with van der Waals surface area (Å²) in [6.07, 6.45) is 1.87. The van der Waals surface area contributed by atoms with E-state index in [2.05, 4.69) is 4.99 Å². The van der Waals surface area contributed by atoms with Crippen LogP contribution in [0.1, 0.15) is 42.4 Å². The van der Waals surface area contributed by atoms with Crippen LogP contribution in [0.3, 0.4) is 0 Å². The minimum atomic E-state index is -0.674. The second-order valence-corrected chi connectivity index (χ2v) is 9.92. The van der Waals surface area contributed by atoms with Gasteiger partial charge < -0.3 is 9.47 Å². The lowest BCUT2D eigenvalue weighted by Gasteiger charge is -2.24. The van der Waals surface area contributed by atoms with E-state index in [-0.39, 0.29) is 12.2 Å². The topological polar surface area (TPSA) is 87.7 Å². The molecule has 2 aromatic heterocycles. The molecule has 0 saturated heterocycles. The molecule has 194 valence electrons. The Morgan fingerprint density at radius 3 is 2.45 bits per heavy atom. The van der Waals surface area contributed by atoms with Crippen LogP contribution in [0.5, 0.6) is 5.75 Å². The summed E-state index contributed by atoms with van der Waals surface area (Å²) in [5.41, 5.74) is 4.98. The van der Waals surface area contributed by atoms with Gasteiger partial charge >= 0.3 is 5.97 Å². The third-order valence-corrected chi connectivity index (χ3v) is 7.55. The maximum absolute atomic E-state index is 13.9. The van der Waals surface area contributed by atoms with Crippen LogP contribution in [0.2, 0.25) is 0 Å². The van der Waals surface area contributed by atoms with E-state index in [1.54, 1.807) is 25.5 Å². The lowest BCUT2D eigenvalue weighted by atomic mass is 9.96. The second kappa shape index (κ2) is 10.3. The molecule has 3 heterocycles. The third-order valence-electron chi connectivity index (χ3n) is 6.57. The van der Waals surface area contributed by atoms with Gasteiger partial charge in [0.25, 0.3) is 5.56 Å². The zero-order chi connectivity index (χ0) is 27.0. The summed E-state index contributed by atoms with van der Waals surface area (Å²) in [6, 6.07) is 16.5. The van der Waals surface area contributed by atoms with Crippen LogP contribution in [0.15, 0.2) is 75.7 Å². The first-order valence-electron chi connectivity index (χ1n) is 12.3. The molecule has 0 fully saturated rings. The van der Waals surface area contributed by atoms with Gasteiger partial charge in [-0.15, -0.1) is 0 Å². The van der Waals surface area contributed by atoms with Crippen LogP contribution in [0.4, 0.5) is 0 Å². The van der Waals surface area contributed by atoms with E-state index in [1.807, 2.05) is 79.2 Å². The fourth-order valence-corrected chi connectivity index (χ4v) is 5.74. The number of hydrogen-bond acceptors (Lipinski definition) is 7. The summed E-state index contributed by atoms with van der Waals surface area (Å²) in [6.45, 7) is 7.67. The number of nitrogens with zero attached hydrogens (tertiary/aromatic N) is 4. The quantitative estimate of drug-likeness (QED) is 0.357. The van der Waals surface area contributed by atoms with Crippen molar-refractivity contribution in [3.63, 3.8) is 0 Å². The SMILES string of the molecule is CCOC(=O)C1=C(C)N=c2s/c(=C\c3c(C)nn(-c4ccccc4)c3C)c(=O)n2[C@H]1c1ccc(OC)cc1. The highest BCUT2D eigenvalue weighted by Crippen LogP contribution is 2.31. The summed E-state index contributed by atoms with van der Waals surface area (Å²) < 4.78 is 14.7. The van der Waals surface area contributed by atoms with E-state index < -0.39 is 12.0 Å². The number of hydrogen-bond donors (Lipinski definition) is 0. The van der Waals surface area contributed by atoms with Crippen LogP contribution >= 0.6 is 11.3 Å². The van der Waals surface area contributed by atoms with Crippen molar-refractivity contribution >= 4 is 23.4 Å². The maximum atomic E-state index is 13.9. The van der Waals surface area contributed by atoms with E-state index >= 15 is 0 Å². The van der Waals surface area contributed by atoms with Gasteiger partial charge in [-0.1, -0.05) is 41.7 Å². The maximum Gasteiger partial charge on any atom is 0.338 e. The molecule has 1 aliphatic heterocycles. The molecule has 0 N–H and O–H groups in total. The molecule has 4 aromatic rings. The van der Waals surface area contributed by atoms with Crippen molar-refractivity contribution in [2.45, 2.75) is 33.7 Å². The molecule has 0 radical (unpaired) electrons. The zero-order valence-corrected chi connectivity index (χ0v) is 22.7. The van der Waals surface area contributed by atoms with E-state index in [4.69, 9.17) is 14.6 Å². The van der Waals surface area contributed by atoms with Gasteiger partial charge in [-0.05, 0) is 63.6 Å². The van der Waals surface area contributed by atoms with Crippen molar-refractivity contribution in [1.82, 2.24) is 14.3 Å². The Bertz CT molecular complexity index is 1730. The Kier molecular flexibility index (Phi) is 6.86. The molecule has 8 nitrogen and oxygen atoms in total. The van der Waals surface area contributed by atoms with E-state index in [0.29, 0.717) is 26.4 Å². The first kappa shape index (κ1) is 25.4. The van der Waals surface area contributed by atoms with E-state index in [1.165, 1.54) is 11.3 Å². The van der Waals surface area contributed by atoms with Crippen LogP contribution in [-0.4, -0.2) is 34.0 Å². The van der Waals surface area contributed by atoms with Gasteiger partial charge in [-0.2, -0.15) is 5.10 Å². The second-order valence-electron chi connectivity index (χ2n) is 8.91. The monoisotopic (exact) mass is 528 g/mol. The summed E-state index contributed by atoms with van der Waals surface area (Å²) in [4.78, 5) is 32.2. The van der Waals surface area contributed by atoms with Gasteiger partial charge in [0, 0.05) is 11.3 Å². The number of methoxy groups -OCH3 is 1. The Morgan fingerprint density at radius 1 is 1.08 bits per heavy atom. The Hall–Kier alpha value is -4.24. The highest BCUT2D eigenvalue weighted by Gasteiger charge is 2.33. The van der Waals surface area contributed by atoms with Crippen molar-refractivity contribution in [2.24, 2.45) is 4.99 Å². The number of carbonyl (C=O) groups is 1. The Balaban J connectivity index is 1.70. The normalized spacial score (nSPS) is 15.3.